The molecule has 6 nitrogen and oxygen atoms in total. The van der Waals surface area contributed by atoms with E-state index in [1.54, 1.807) is 6.20 Å². The third kappa shape index (κ3) is 2.36. The minimum Gasteiger partial charge on any atom is -0.440 e. The molecule has 0 aliphatic carbocycles. The van der Waals surface area contributed by atoms with Crippen LogP contribution in [0, 0.1) is 11.8 Å². The molecule has 0 fully saturated rings. The topological polar surface area (TPSA) is 93.6 Å². The zero-order valence-electron chi connectivity index (χ0n) is 13.3. The number of benzene rings is 1. The first-order valence-electron chi connectivity index (χ1n) is 7.62. The summed E-state index contributed by atoms with van der Waals surface area (Å²) in [5, 5.41) is 0.745. The average Bonchev–Trinajstić information content (AvgIpc) is 3.17. The van der Waals surface area contributed by atoms with Crippen LogP contribution in [0.15, 0.2) is 35.1 Å². The fourth-order valence-corrected chi connectivity index (χ4v) is 2.49. The van der Waals surface area contributed by atoms with Crippen LogP contribution in [0.5, 0.6) is 0 Å². The van der Waals surface area contributed by atoms with Crippen LogP contribution in [0.25, 0.3) is 22.1 Å². The van der Waals surface area contributed by atoms with Gasteiger partial charge < -0.3 is 15.1 Å². The Hall–Kier alpha value is -3.33. The molecule has 0 saturated heterocycles. The number of anilines is 1. The number of nitrogen functional groups attached to an aromatic ring is 1. The van der Waals surface area contributed by atoms with Gasteiger partial charge in [-0.3, -0.25) is 0 Å². The summed E-state index contributed by atoms with van der Waals surface area (Å²) in [5.74, 6) is 7.65. The minimum absolute atomic E-state index is 0.251. The number of oxazole rings is 1. The highest BCUT2D eigenvalue weighted by molar-refractivity contribution is 5.91. The molecule has 0 atom stereocenters. The molecule has 0 spiro atoms. The molecule has 4 rings (SSSR count). The second kappa shape index (κ2) is 5.39. The number of H-pyrrole nitrogens is 1. The molecule has 1 aromatic carbocycles. The van der Waals surface area contributed by atoms with E-state index >= 15 is 0 Å². The summed E-state index contributed by atoms with van der Waals surface area (Å²) in [6, 6.07) is 5.73. The van der Waals surface area contributed by atoms with Crippen molar-refractivity contribution in [2.45, 2.75) is 19.8 Å². The van der Waals surface area contributed by atoms with Gasteiger partial charge in [0, 0.05) is 17.7 Å². The number of aromatic amines is 1. The van der Waals surface area contributed by atoms with Crippen LogP contribution in [0.2, 0.25) is 0 Å². The zero-order chi connectivity index (χ0) is 16.7. The van der Waals surface area contributed by atoms with Gasteiger partial charge in [-0.15, -0.1) is 0 Å². The van der Waals surface area contributed by atoms with E-state index in [0.29, 0.717) is 11.5 Å². The van der Waals surface area contributed by atoms with Crippen molar-refractivity contribution >= 4 is 28.0 Å². The Labute approximate surface area is 138 Å². The van der Waals surface area contributed by atoms with E-state index in [1.165, 1.54) is 6.33 Å². The van der Waals surface area contributed by atoms with Crippen molar-refractivity contribution in [2.24, 2.45) is 0 Å². The van der Waals surface area contributed by atoms with Gasteiger partial charge >= 0.3 is 0 Å². The molecule has 0 bridgehead atoms. The van der Waals surface area contributed by atoms with E-state index in [1.807, 2.05) is 18.2 Å². The number of nitrogens with one attached hydrogen (secondary N) is 1. The predicted octanol–water partition coefficient (Wildman–Crippen LogP) is 3.20. The quantitative estimate of drug-likeness (QED) is 0.526. The standard InChI is InChI=1S/C18H15N5O/c1-10(2)18-23-13-7-11(4-6-14(13)24-18)3-5-12-8-20-17-15(12)16(19)21-9-22-17/h4,6-10H,1-2H3,(H3,19,20,21,22). The van der Waals surface area contributed by atoms with Crippen molar-refractivity contribution in [2.75, 3.05) is 5.73 Å². The van der Waals surface area contributed by atoms with Crippen LogP contribution in [-0.2, 0) is 0 Å². The lowest BCUT2D eigenvalue weighted by molar-refractivity contribution is 0.501. The zero-order valence-corrected chi connectivity index (χ0v) is 13.3. The molecule has 6 heteroatoms. The lowest BCUT2D eigenvalue weighted by Gasteiger charge is -1.94. The second-order valence-electron chi connectivity index (χ2n) is 5.82. The van der Waals surface area contributed by atoms with Crippen LogP contribution in [0.3, 0.4) is 0 Å². The van der Waals surface area contributed by atoms with Gasteiger partial charge in [0.15, 0.2) is 11.5 Å². The molecule has 24 heavy (non-hydrogen) atoms. The number of rotatable bonds is 1. The number of hydrogen-bond acceptors (Lipinski definition) is 5. The normalized spacial score (nSPS) is 11.1. The van der Waals surface area contributed by atoms with E-state index in [0.717, 1.165) is 33.5 Å². The SMILES string of the molecule is CC(C)c1nc2cc(C#Cc3c[nH]c4ncnc(N)c34)ccc2o1. The van der Waals surface area contributed by atoms with Crippen LogP contribution in [0.4, 0.5) is 5.82 Å². The molecular formula is C18H15N5O. The maximum Gasteiger partial charge on any atom is 0.198 e. The van der Waals surface area contributed by atoms with Gasteiger partial charge in [-0.25, -0.2) is 15.0 Å². The van der Waals surface area contributed by atoms with E-state index in [4.69, 9.17) is 10.2 Å². The van der Waals surface area contributed by atoms with Crippen molar-refractivity contribution in [1.82, 2.24) is 19.9 Å². The molecule has 3 heterocycles. The van der Waals surface area contributed by atoms with Crippen LogP contribution in [0.1, 0.15) is 36.8 Å². The predicted molar refractivity (Wildman–Crippen MR) is 92.4 cm³/mol. The van der Waals surface area contributed by atoms with Gasteiger partial charge in [-0.1, -0.05) is 25.7 Å². The van der Waals surface area contributed by atoms with Crippen molar-refractivity contribution in [1.29, 1.82) is 0 Å². The summed E-state index contributed by atoms with van der Waals surface area (Å²) >= 11 is 0. The summed E-state index contributed by atoms with van der Waals surface area (Å²) < 4.78 is 5.71. The first-order valence-corrected chi connectivity index (χ1v) is 7.62. The second-order valence-corrected chi connectivity index (χ2v) is 5.82. The van der Waals surface area contributed by atoms with Crippen LogP contribution < -0.4 is 5.73 Å². The van der Waals surface area contributed by atoms with E-state index in [9.17, 15) is 0 Å². The maximum atomic E-state index is 5.91. The fourth-order valence-electron chi connectivity index (χ4n) is 2.49. The van der Waals surface area contributed by atoms with Crippen LogP contribution >= 0.6 is 0 Å². The lowest BCUT2D eigenvalue weighted by Crippen LogP contribution is -1.92. The number of aromatic nitrogens is 4. The molecule has 0 radical (unpaired) electrons. The molecular weight excluding hydrogens is 302 g/mol. The van der Waals surface area contributed by atoms with E-state index in [2.05, 4.69) is 45.6 Å². The van der Waals surface area contributed by atoms with Gasteiger partial charge in [0.1, 0.15) is 23.3 Å². The first kappa shape index (κ1) is 14.3. The average molecular weight is 317 g/mol. The molecule has 0 unspecified atom stereocenters. The van der Waals surface area contributed by atoms with Gasteiger partial charge in [0.25, 0.3) is 0 Å². The smallest absolute Gasteiger partial charge is 0.198 e. The Kier molecular flexibility index (Phi) is 3.21. The van der Waals surface area contributed by atoms with Crippen molar-refractivity contribution in [3.05, 3.63) is 47.7 Å². The fraction of sp³-hybridized carbons (Fsp3) is 0.167. The lowest BCUT2D eigenvalue weighted by atomic mass is 10.2. The minimum atomic E-state index is 0.251. The number of fused-ring (bicyclic) bond motifs is 2. The molecule has 0 saturated carbocycles. The Morgan fingerprint density at radius 3 is 2.92 bits per heavy atom. The molecule has 0 amide bonds. The molecule has 3 aromatic heterocycles. The van der Waals surface area contributed by atoms with E-state index < -0.39 is 0 Å². The first-order chi connectivity index (χ1) is 11.6. The maximum absolute atomic E-state index is 5.91. The molecule has 0 aliphatic heterocycles. The number of hydrogen-bond donors (Lipinski definition) is 2. The Balaban J connectivity index is 1.75. The van der Waals surface area contributed by atoms with Crippen molar-refractivity contribution < 1.29 is 4.42 Å². The Bertz CT molecular complexity index is 1110. The molecule has 4 aromatic rings. The van der Waals surface area contributed by atoms with Gasteiger partial charge in [-0.2, -0.15) is 0 Å². The van der Waals surface area contributed by atoms with Crippen LogP contribution in [-0.4, -0.2) is 19.9 Å². The summed E-state index contributed by atoms with van der Waals surface area (Å²) in [7, 11) is 0. The summed E-state index contributed by atoms with van der Waals surface area (Å²) in [6.45, 7) is 4.10. The third-order valence-corrected chi connectivity index (χ3v) is 3.74. The van der Waals surface area contributed by atoms with Crippen molar-refractivity contribution in [3.8, 4) is 11.8 Å². The number of nitrogens with two attached hydrogens (primary N) is 1. The largest absolute Gasteiger partial charge is 0.440 e. The number of nitrogens with zero attached hydrogens (tertiary/aromatic N) is 3. The van der Waals surface area contributed by atoms with Gasteiger partial charge in [0.2, 0.25) is 0 Å². The Morgan fingerprint density at radius 1 is 1.21 bits per heavy atom. The molecule has 0 aliphatic rings. The third-order valence-electron chi connectivity index (χ3n) is 3.74. The summed E-state index contributed by atoms with van der Waals surface area (Å²) in [4.78, 5) is 15.7. The monoisotopic (exact) mass is 317 g/mol. The van der Waals surface area contributed by atoms with Gasteiger partial charge in [-0.05, 0) is 18.2 Å². The van der Waals surface area contributed by atoms with Gasteiger partial charge in [0.05, 0.1) is 10.9 Å². The highest BCUT2D eigenvalue weighted by atomic mass is 16.3. The van der Waals surface area contributed by atoms with E-state index in [-0.39, 0.29) is 5.92 Å². The summed E-state index contributed by atoms with van der Waals surface area (Å²) in [5.41, 5.74) is 9.81. The summed E-state index contributed by atoms with van der Waals surface area (Å²) in [6.07, 6.45) is 3.21. The Morgan fingerprint density at radius 2 is 2.08 bits per heavy atom. The highest BCUT2D eigenvalue weighted by Crippen LogP contribution is 2.22. The molecule has 118 valence electrons. The molecule has 3 N–H and O–H groups in total. The highest BCUT2D eigenvalue weighted by Gasteiger charge is 2.09. The van der Waals surface area contributed by atoms with Crippen molar-refractivity contribution in [3.63, 3.8) is 0 Å².